The van der Waals surface area contributed by atoms with Gasteiger partial charge in [0, 0.05) is 25.6 Å². The first-order valence-corrected chi connectivity index (χ1v) is 6.09. The highest BCUT2D eigenvalue weighted by Gasteiger charge is 2.23. The number of piperidine rings is 1. The Kier molecular flexibility index (Phi) is 5.12. The van der Waals surface area contributed by atoms with Crippen LogP contribution in [-0.2, 0) is 14.4 Å². The van der Waals surface area contributed by atoms with Crippen molar-refractivity contribution in [1.29, 1.82) is 0 Å². The number of rotatable bonds is 4. The van der Waals surface area contributed by atoms with Crippen molar-refractivity contribution in [2.24, 2.45) is 0 Å². The van der Waals surface area contributed by atoms with Gasteiger partial charge in [-0.25, -0.2) is 0 Å². The molecule has 1 saturated heterocycles. The average Bonchev–Trinajstić information content (AvgIpc) is 2.28. The van der Waals surface area contributed by atoms with Gasteiger partial charge in [-0.05, 0) is 19.8 Å². The third-order valence-corrected chi connectivity index (χ3v) is 2.93. The summed E-state index contributed by atoms with van der Waals surface area (Å²) in [5, 5.41) is 2.92. The molecule has 1 heterocycles. The molecule has 0 spiro atoms. The van der Waals surface area contributed by atoms with Crippen molar-refractivity contribution < 1.29 is 14.4 Å². The summed E-state index contributed by atoms with van der Waals surface area (Å²) in [6.07, 6.45) is 2.03. The zero-order chi connectivity index (χ0) is 12.8. The fourth-order valence-electron chi connectivity index (χ4n) is 1.93. The predicted molar refractivity (Wildman–Crippen MR) is 63.3 cm³/mol. The summed E-state index contributed by atoms with van der Waals surface area (Å²) in [5.74, 6) is -0.146. The lowest BCUT2D eigenvalue weighted by Gasteiger charge is -2.32. The molecule has 0 aromatic rings. The molecule has 96 valence electrons. The molecule has 5 heteroatoms. The molecule has 0 aromatic carbocycles. The highest BCUT2D eigenvalue weighted by Crippen LogP contribution is 2.11. The number of amides is 2. The van der Waals surface area contributed by atoms with Crippen molar-refractivity contribution in [2.75, 3.05) is 13.1 Å². The second kappa shape index (κ2) is 6.37. The maximum Gasteiger partial charge on any atom is 0.230 e. The molecular formula is C12H20N2O3. The van der Waals surface area contributed by atoms with Crippen molar-refractivity contribution in [3.05, 3.63) is 0 Å². The minimum absolute atomic E-state index is 0.00795. The van der Waals surface area contributed by atoms with Crippen LogP contribution in [-0.4, -0.2) is 41.6 Å². The minimum Gasteiger partial charge on any atom is -0.353 e. The smallest absolute Gasteiger partial charge is 0.230 e. The van der Waals surface area contributed by atoms with Gasteiger partial charge in [-0.3, -0.25) is 14.4 Å². The van der Waals surface area contributed by atoms with Crippen LogP contribution in [0.15, 0.2) is 0 Å². The molecule has 0 bridgehead atoms. The molecular weight excluding hydrogens is 220 g/mol. The van der Waals surface area contributed by atoms with Gasteiger partial charge in [0.05, 0.1) is 6.42 Å². The number of hydrogen-bond acceptors (Lipinski definition) is 3. The van der Waals surface area contributed by atoms with Crippen LogP contribution in [0.3, 0.4) is 0 Å². The highest BCUT2D eigenvalue weighted by molar-refractivity contribution is 5.96. The summed E-state index contributed by atoms with van der Waals surface area (Å²) < 4.78 is 0. The van der Waals surface area contributed by atoms with Crippen LogP contribution in [0.2, 0.25) is 0 Å². The molecule has 1 fully saturated rings. The Bertz CT molecular complexity index is 307. The van der Waals surface area contributed by atoms with Gasteiger partial charge >= 0.3 is 0 Å². The van der Waals surface area contributed by atoms with Crippen LogP contribution in [0.4, 0.5) is 0 Å². The first-order valence-electron chi connectivity index (χ1n) is 6.09. The predicted octanol–water partition coefficient (Wildman–Crippen LogP) is 0.483. The minimum atomic E-state index is -0.101. The van der Waals surface area contributed by atoms with Gasteiger partial charge in [-0.2, -0.15) is 0 Å². The van der Waals surface area contributed by atoms with Crippen molar-refractivity contribution in [3.63, 3.8) is 0 Å². The Labute approximate surface area is 102 Å². The lowest BCUT2D eigenvalue weighted by molar-refractivity contribution is -0.135. The molecule has 2 amide bonds. The van der Waals surface area contributed by atoms with E-state index in [1.807, 2.05) is 6.92 Å². The Balaban J connectivity index is 2.32. The Morgan fingerprint density at radius 1 is 1.24 bits per heavy atom. The monoisotopic (exact) mass is 240 g/mol. The second-order valence-corrected chi connectivity index (χ2v) is 4.45. The Morgan fingerprint density at radius 3 is 2.29 bits per heavy atom. The van der Waals surface area contributed by atoms with Gasteiger partial charge in [0.25, 0.3) is 0 Å². The van der Waals surface area contributed by atoms with Crippen molar-refractivity contribution >= 4 is 17.6 Å². The van der Waals surface area contributed by atoms with E-state index in [1.165, 1.54) is 6.92 Å². The molecule has 0 radical (unpaired) electrons. The first-order chi connectivity index (χ1) is 8.02. The fourth-order valence-corrected chi connectivity index (χ4v) is 1.93. The number of carbonyl (C=O) groups is 3. The van der Waals surface area contributed by atoms with Gasteiger partial charge in [-0.15, -0.1) is 0 Å². The standard InChI is InChI=1S/C12H20N2O3/c1-3-11(16)13-10-4-6-14(7-5-10)12(17)8-9(2)15/h10H,3-8H2,1-2H3,(H,13,16). The Morgan fingerprint density at radius 2 is 1.82 bits per heavy atom. The molecule has 0 saturated carbocycles. The highest BCUT2D eigenvalue weighted by atomic mass is 16.2. The number of nitrogens with zero attached hydrogens (tertiary/aromatic N) is 1. The van der Waals surface area contributed by atoms with Crippen molar-refractivity contribution in [3.8, 4) is 0 Å². The molecule has 1 rings (SSSR count). The Hall–Kier alpha value is -1.39. The SMILES string of the molecule is CCC(=O)NC1CCN(C(=O)CC(C)=O)CC1. The lowest BCUT2D eigenvalue weighted by Crippen LogP contribution is -2.46. The quantitative estimate of drug-likeness (QED) is 0.727. The van der Waals surface area contributed by atoms with E-state index in [2.05, 4.69) is 5.32 Å². The maximum atomic E-state index is 11.6. The molecule has 1 N–H and O–H groups in total. The molecule has 0 atom stereocenters. The molecule has 17 heavy (non-hydrogen) atoms. The number of Topliss-reactive ketones (excluding diaryl/α,β-unsaturated/α-hetero) is 1. The van der Waals surface area contributed by atoms with Crippen LogP contribution in [0.25, 0.3) is 0 Å². The van der Waals surface area contributed by atoms with E-state index in [0.29, 0.717) is 19.5 Å². The van der Waals surface area contributed by atoms with Crippen LogP contribution in [0, 0.1) is 0 Å². The molecule has 5 nitrogen and oxygen atoms in total. The molecule has 1 aliphatic heterocycles. The number of likely N-dealkylation sites (tertiary alicyclic amines) is 1. The van der Waals surface area contributed by atoms with Gasteiger partial charge < -0.3 is 10.2 Å². The average molecular weight is 240 g/mol. The summed E-state index contributed by atoms with van der Waals surface area (Å²) in [5.41, 5.74) is 0. The summed E-state index contributed by atoms with van der Waals surface area (Å²) in [7, 11) is 0. The van der Waals surface area contributed by atoms with E-state index in [9.17, 15) is 14.4 Å². The maximum absolute atomic E-state index is 11.6. The van der Waals surface area contributed by atoms with E-state index in [0.717, 1.165) is 12.8 Å². The van der Waals surface area contributed by atoms with Gasteiger partial charge in [0.15, 0.2) is 0 Å². The zero-order valence-electron chi connectivity index (χ0n) is 10.5. The largest absolute Gasteiger partial charge is 0.353 e. The van der Waals surface area contributed by atoms with E-state index in [-0.39, 0.29) is 30.1 Å². The zero-order valence-corrected chi connectivity index (χ0v) is 10.5. The van der Waals surface area contributed by atoms with Crippen molar-refractivity contribution in [2.45, 2.75) is 45.6 Å². The number of nitrogens with one attached hydrogen (secondary N) is 1. The van der Waals surface area contributed by atoms with Crippen LogP contribution < -0.4 is 5.32 Å². The van der Waals surface area contributed by atoms with E-state index < -0.39 is 0 Å². The van der Waals surface area contributed by atoms with Crippen LogP contribution >= 0.6 is 0 Å². The second-order valence-electron chi connectivity index (χ2n) is 4.45. The topological polar surface area (TPSA) is 66.5 Å². The number of hydrogen-bond donors (Lipinski definition) is 1. The summed E-state index contributed by atoms with van der Waals surface area (Å²) in [6, 6.07) is 0.170. The van der Waals surface area contributed by atoms with Crippen LogP contribution in [0.5, 0.6) is 0 Å². The normalized spacial score (nSPS) is 16.7. The summed E-state index contributed by atoms with van der Waals surface area (Å²) in [6.45, 7) is 4.49. The third-order valence-electron chi connectivity index (χ3n) is 2.93. The van der Waals surface area contributed by atoms with E-state index in [1.54, 1.807) is 4.90 Å². The van der Waals surface area contributed by atoms with Crippen LogP contribution in [0.1, 0.15) is 39.5 Å². The molecule has 0 unspecified atom stereocenters. The van der Waals surface area contributed by atoms with E-state index >= 15 is 0 Å². The number of carbonyl (C=O) groups excluding carboxylic acids is 3. The number of ketones is 1. The molecule has 1 aliphatic rings. The van der Waals surface area contributed by atoms with Crippen molar-refractivity contribution in [1.82, 2.24) is 10.2 Å². The molecule has 0 aliphatic carbocycles. The lowest BCUT2D eigenvalue weighted by atomic mass is 10.0. The van der Waals surface area contributed by atoms with Gasteiger partial charge in [0.2, 0.25) is 11.8 Å². The fraction of sp³-hybridized carbons (Fsp3) is 0.750. The first kappa shape index (κ1) is 13.7. The summed E-state index contributed by atoms with van der Waals surface area (Å²) in [4.78, 5) is 35.4. The van der Waals surface area contributed by atoms with Gasteiger partial charge in [-0.1, -0.05) is 6.92 Å². The van der Waals surface area contributed by atoms with Gasteiger partial charge in [0.1, 0.15) is 5.78 Å². The van der Waals surface area contributed by atoms with E-state index in [4.69, 9.17) is 0 Å². The summed E-state index contributed by atoms with van der Waals surface area (Å²) >= 11 is 0. The third kappa shape index (κ3) is 4.54. The molecule has 0 aromatic heterocycles.